The van der Waals surface area contributed by atoms with E-state index >= 15 is 0 Å². The molecule has 0 spiro atoms. The molecule has 2 rings (SSSR count). The van der Waals surface area contributed by atoms with Crippen LogP contribution in [0.1, 0.15) is 5.56 Å². The average molecular weight is 204 g/mol. The number of hydrogen-bond donors (Lipinski definition) is 2. The van der Waals surface area contributed by atoms with Gasteiger partial charge in [-0.15, -0.1) is 5.11 Å². The molecule has 6 heteroatoms. The summed E-state index contributed by atoms with van der Waals surface area (Å²) >= 11 is 0. The quantitative estimate of drug-likeness (QED) is 0.715. The van der Waals surface area contributed by atoms with Crippen molar-refractivity contribution < 1.29 is 14.7 Å². The maximum atomic E-state index is 8.84. The molecular weight excluding hydrogens is 195 g/mol. The summed E-state index contributed by atoms with van der Waals surface area (Å²) in [7, 11) is -1.90. The van der Waals surface area contributed by atoms with Gasteiger partial charge in [-0.25, -0.2) is 0 Å². The Kier molecular flexibility index (Phi) is 2.63. The third-order valence-corrected chi connectivity index (χ3v) is 2.05. The number of azo groups is 1. The summed E-state index contributed by atoms with van der Waals surface area (Å²) in [6.07, 6.45) is 3.01. The number of hydrogen-bond acceptors (Lipinski definition) is 5. The second kappa shape index (κ2) is 3.94. The van der Waals surface area contributed by atoms with Crippen LogP contribution >= 0.6 is 0 Å². The third kappa shape index (κ3) is 1.96. The van der Waals surface area contributed by atoms with E-state index in [0.717, 1.165) is 0 Å². The minimum atomic E-state index is -1.90. The Balaban J connectivity index is 2.36. The second-order valence-electron chi connectivity index (χ2n) is 3.04. The van der Waals surface area contributed by atoms with Crippen LogP contribution in [0.5, 0.6) is 0 Å². The van der Waals surface area contributed by atoms with Gasteiger partial charge in [-0.3, -0.25) is 0 Å². The predicted molar refractivity (Wildman–Crippen MR) is 53.4 cm³/mol. The molecule has 2 N–H and O–H groups in total. The average Bonchev–Trinajstić information content (AvgIpc) is 2.68. The van der Waals surface area contributed by atoms with Crippen LogP contribution in [0.3, 0.4) is 0 Å². The maximum absolute atomic E-state index is 8.84. The van der Waals surface area contributed by atoms with Crippen molar-refractivity contribution in [2.75, 3.05) is 0 Å². The lowest BCUT2D eigenvalue weighted by atomic mass is 10.0. The summed E-state index contributed by atoms with van der Waals surface area (Å²) in [5, 5.41) is 25.2. The van der Waals surface area contributed by atoms with Gasteiger partial charge in [0.15, 0.2) is 0 Å². The molecule has 5 nitrogen and oxygen atoms in total. The van der Waals surface area contributed by atoms with Crippen LogP contribution in [0.25, 0.3) is 0 Å². The van der Waals surface area contributed by atoms with Crippen molar-refractivity contribution in [2.24, 2.45) is 10.2 Å². The van der Waals surface area contributed by atoms with Crippen molar-refractivity contribution in [3.63, 3.8) is 0 Å². The molecule has 0 radical (unpaired) electrons. The zero-order valence-corrected chi connectivity index (χ0v) is 7.82. The van der Waals surface area contributed by atoms with Gasteiger partial charge in [-0.2, -0.15) is 5.11 Å². The Bertz CT molecular complexity index is 380. The first-order valence-corrected chi connectivity index (χ1v) is 4.42. The van der Waals surface area contributed by atoms with Crippen molar-refractivity contribution in [3.8, 4) is 0 Å². The van der Waals surface area contributed by atoms with E-state index in [1.54, 1.807) is 18.2 Å². The van der Waals surface area contributed by atoms with Crippen molar-refractivity contribution in [1.82, 2.24) is 0 Å². The fourth-order valence-corrected chi connectivity index (χ4v) is 1.41. The normalized spacial score (nSPS) is 23.3. The summed E-state index contributed by atoms with van der Waals surface area (Å²) in [4.78, 5) is 0. The highest BCUT2D eigenvalue weighted by atomic mass is 16.6. The fourth-order valence-electron chi connectivity index (χ4n) is 1.41. The minimum Gasteiger partial charge on any atom is -0.402 e. The van der Waals surface area contributed by atoms with Crippen LogP contribution in [0, 0.1) is 0 Å². The van der Waals surface area contributed by atoms with Crippen molar-refractivity contribution >= 4 is 7.32 Å². The van der Waals surface area contributed by atoms with Crippen molar-refractivity contribution in [1.29, 1.82) is 0 Å². The van der Waals surface area contributed by atoms with E-state index in [2.05, 4.69) is 10.2 Å². The van der Waals surface area contributed by atoms with Gasteiger partial charge in [0.05, 0.1) is 6.20 Å². The molecular formula is C9H9BN2O3. The summed E-state index contributed by atoms with van der Waals surface area (Å²) in [6.45, 7) is 0. The molecule has 0 bridgehead atoms. The number of nitrogens with zero attached hydrogens (tertiary/aromatic N) is 2. The molecule has 0 fully saturated rings. The number of benzene rings is 1. The monoisotopic (exact) mass is 204 g/mol. The molecule has 76 valence electrons. The Morgan fingerprint density at radius 2 is 1.93 bits per heavy atom. The summed E-state index contributed by atoms with van der Waals surface area (Å²) in [5.41, 5.74) is -0.522. The molecule has 1 aromatic carbocycles. The van der Waals surface area contributed by atoms with Crippen molar-refractivity contribution in [2.45, 2.75) is 5.72 Å². The standard InChI is InChI=1S/C9H9BN2O3/c13-10(14)15-9(6-7-11-12-9)8-4-2-1-3-5-8/h1-7,13-14H. The molecule has 1 aromatic rings. The molecule has 0 aromatic heterocycles. The highest BCUT2D eigenvalue weighted by molar-refractivity contribution is 6.32. The van der Waals surface area contributed by atoms with Gasteiger partial charge < -0.3 is 14.7 Å². The van der Waals surface area contributed by atoms with E-state index in [-0.39, 0.29) is 0 Å². The van der Waals surface area contributed by atoms with Crippen LogP contribution in [0.15, 0.2) is 52.8 Å². The first kappa shape index (κ1) is 10.0. The molecule has 0 amide bonds. The lowest BCUT2D eigenvalue weighted by Crippen LogP contribution is -2.32. The Labute approximate surface area is 86.9 Å². The fraction of sp³-hybridized carbons (Fsp3) is 0.111. The van der Waals surface area contributed by atoms with Crippen molar-refractivity contribution in [3.05, 3.63) is 48.2 Å². The van der Waals surface area contributed by atoms with Crippen LogP contribution in [0.2, 0.25) is 0 Å². The molecule has 1 heterocycles. The Morgan fingerprint density at radius 3 is 2.47 bits per heavy atom. The molecule has 1 atom stereocenters. The minimum absolute atomic E-state index is 0.690. The zero-order valence-electron chi connectivity index (χ0n) is 7.82. The van der Waals surface area contributed by atoms with E-state index in [9.17, 15) is 0 Å². The van der Waals surface area contributed by atoms with E-state index < -0.39 is 13.0 Å². The largest absolute Gasteiger partial charge is 0.636 e. The molecule has 0 saturated heterocycles. The second-order valence-corrected chi connectivity index (χ2v) is 3.04. The number of rotatable bonds is 3. The predicted octanol–water partition coefficient (Wildman–Crippen LogP) is 0.805. The summed E-state index contributed by atoms with van der Waals surface area (Å²) in [5.74, 6) is 0. The third-order valence-electron chi connectivity index (χ3n) is 2.05. The highest BCUT2D eigenvalue weighted by Crippen LogP contribution is 2.32. The van der Waals surface area contributed by atoms with E-state index in [0.29, 0.717) is 5.56 Å². The van der Waals surface area contributed by atoms with E-state index in [1.165, 1.54) is 6.20 Å². The summed E-state index contributed by atoms with van der Waals surface area (Å²) < 4.78 is 4.95. The van der Waals surface area contributed by atoms with Crippen LogP contribution in [-0.2, 0) is 10.4 Å². The lowest BCUT2D eigenvalue weighted by molar-refractivity contribution is 0.0617. The SMILES string of the molecule is OB(O)OC1(c2ccccc2)C=CN=N1. The molecule has 0 saturated carbocycles. The molecule has 1 aliphatic rings. The smallest absolute Gasteiger partial charge is 0.402 e. The summed E-state index contributed by atoms with van der Waals surface area (Å²) in [6, 6.07) is 9.02. The van der Waals surface area contributed by atoms with E-state index in [4.69, 9.17) is 14.7 Å². The molecule has 1 unspecified atom stereocenters. The Morgan fingerprint density at radius 1 is 1.20 bits per heavy atom. The molecule has 0 aliphatic carbocycles. The first-order valence-electron chi connectivity index (χ1n) is 4.42. The first-order chi connectivity index (χ1) is 7.23. The lowest BCUT2D eigenvalue weighted by Gasteiger charge is -2.23. The van der Waals surface area contributed by atoms with Gasteiger partial charge in [0, 0.05) is 5.56 Å². The van der Waals surface area contributed by atoms with Gasteiger partial charge in [-0.1, -0.05) is 30.3 Å². The van der Waals surface area contributed by atoms with Gasteiger partial charge >= 0.3 is 7.32 Å². The van der Waals surface area contributed by atoms with Crippen LogP contribution < -0.4 is 0 Å². The molecule has 15 heavy (non-hydrogen) atoms. The van der Waals surface area contributed by atoms with Gasteiger partial charge in [0.1, 0.15) is 0 Å². The van der Waals surface area contributed by atoms with E-state index in [1.807, 2.05) is 18.2 Å². The van der Waals surface area contributed by atoms with Crippen LogP contribution in [0.4, 0.5) is 0 Å². The molecule has 1 aliphatic heterocycles. The highest BCUT2D eigenvalue weighted by Gasteiger charge is 2.36. The van der Waals surface area contributed by atoms with Gasteiger partial charge in [0.2, 0.25) is 5.72 Å². The van der Waals surface area contributed by atoms with Crippen LogP contribution in [-0.4, -0.2) is 17.4 Å². The topological polar surface area (TPSA) is 74.4 Å². The van der Waals surface area contributed by atoms with Gasteiger partial charge in [-0.05, 0) is 6.08 Å². The maximum Gasteiger partial charge on any atom is 0.636 e. The van der Waals surface area contributed by atoms with Gasteiger partial charge in [0.25, 0.3) is 0 Å². The Hall–Kier alpha value is -1.50. The zero-order chi connectivity index (χ0) is 10.7.